The highest BCUT2D eigenvalue weighted by atomic mass is 31.2. The summed E-state index contributed by atoms with van der Waals surface area (Å²) in [6, 6.07) is 0. The molecule has 0 aliphatic heterocycles. The van der Waals surface area contributed by atoms with Crippen LogP contribution in [0.15, 0.2) is 12.2 Å². The Morgan fingerprint density at radius 2 is 1.81 bits per heavy atom. The Morgan fingerprint density at radius 1 is 1.25 bits per heavy atom. The van der Waals surface area contributed by atoms with E-state index in [1.54, 1.807) is 26.0 Å². The van der Waals surface area contributed by atoms with E-state index in [9.17, 15) is 9.36 Å². The van der Waals surface area contributed by atoms with Crippen LogP contribution in [0.2, 0.25) is 0 Å². The van der Waals surface area contributed by atoms with Gasteiger partial charge in [-0.15, -0.1) is 0 Å². The van der Waals surface area contributed by atoms with Crippen LogP contribution < -0.4 is 0 Å². The molecule has 0 atom stereocenters. The van der Waals surface area contributed by atoms with E-state index in [0.29, 0.717) is 0 Å². The van der Waals surface area contributed by atoms with E-state index < -0.39 is 13.6 Å². The Labute approximate surface area is 96.3 Å². The molecule has 0 saturated carbocycles. The molecule has 0 fully saturated rings. The first-order chi connectivity index (χ1) is 7.58. The average molecular weight is 250 g/mol. The summed E-state index contributed by atoms with van der Waals surface area (Å²) in [7, 11) is -3.32. The molecule has 16 heavy (non-hydrogen) atoms. The van der Waals surface area contributed by atoms with Gasteiger partial charge in [0.1, 0.15) is 12.8 Å². The number of hydrogen-bond acceptors (Lipinski definition) is 5. The van der Waals surface area contributed by atoms with Gasteiger partial charge in [0.15, 0.2) is 0 Å². The SMILES string of the molecule is C/C=C/COC(=O)CP(=O)(OCC)OCC. The Hall–Kier alpha value is -0.640. The van der Waals surface area contributed by atoms with Gasteiger partial charge < -0.3 is 13.8 Å². The third-order valence-electron chi connectivity index (χ3n) is 1.55. The van der Waals surface area contributed by atoms with Gasteiger partial charge in [0.2, 0.25) is 0 Å². The van der Waals surface area contributed by atoms with Crippen molar-refractivity contribution in [3.63, 3.8) is 0 Å². The topological polar surface area (TPSA) is 61.8 Å². The van der Waals surface area contributed by atoms with Gasteiger partial charge in [-0.25, -0.2) is 0 Å². The highest BCUT2D eigenvalue weighted by Gasteiger charge is 2.28. The third-order valence-corrected chi connectivity index (χ3v) is 3.50. The van der Waals surface area contributed by atoms with Gasteiger partial charge in [0.25, 0.3) is 0 Å². The molecule has 0 aromatic carbocycles. The molecule has 0 spiro atoms. The summed E-state index contributed by atoms with van der Waals surface area (Å²) in [5.41, 5.74) is 0. The van der Waals surface area contributed by atoms with Crippen molar-refractivity contribution in [1.82, 2.24) is 0 Å². The zero-order valence-electron chi connectivity index (χ0n) is 9.97. The first-order valence-corrected chi connectivity index (χ1v) is 6.95. The maximum absolute atomic E-state index is 11.9. The summed E-state index contributed by atoms with van der Waals surface area (Å²) in [5.74, 6) is -0.580. The number of allylic oxidation sites excluding steroid dienone is 1. The normalized spacial score (nSPS) is 11.9. The first-order valence-electron chi connectivity index (χ1n) is 5.22. The number of ether oxygens (including phenoxy) is 1. The minimum absolute atomic E-state index is 0.174. The fourth-order valence-corrected chi connectivity index (χ4v) is 2.41. The van der Waals surface area contributed by atoms with Crippen molar-refractivity contribution in [3.05, 3.63) is 12.2 Å². The highest BCUT2D eigenvalue weighted by molar-refractivity contribution is 7.54. The molecule has 0 aromatic heterocycles. The second-order valence-corrected chi connectivity index (χ2v) is 4.91. The molecule has 5 nitrogen and oxygen atoms in total. The van der Waals surface area contributed by atoms with Crippen LogP contribution >= 0.6 is 7.60 Å². The van der Waals surface area contributed by atoms with E-state index >= 15 is 0 Å². The molecule has 0 rings (SSSR count). The van der Waals surface area contributed by atoms with Crippen LogP contribution in [0.3, 0.4) is 0 Å². The van der Waals surface area contributed by atoms with Crippen molar-refractivity contribution < 1.29 is 23.1 Å². The zero-order valence-corrected chi connectivity index (χ0v) is 10.9. The maximum Gasteiger partial charge on any atom is 0.341 e. The Morgan fingerprint density at radius 3 is 2.25 bits per heavy atom. The highest BCUT2D eigenvalue weighted by Crippen LogP contribution is 2.47. The maximum atomic E-state index is 11.9. The third kappa shape index (κ3) is 6.77. The number of hydrogen-bond donors (Lipinski definition) is 0. The van der Waals surface area contributed by atoms with Crippen molar-refractivity contribution >= 4 is 13.6 Å². The smallest absolute Gasteiger partial charge is 0.341 e. The molecule has 0 aliphatic rings. The van der Waals surface area contributed by atoms with Crippen molar-refractivity contribution in [2.45, 2.75) is 20.8 Å². The van der Waals surface area contributed by atoms with Crippen LogP contribution in [0.5, 0.6) is 0 Å². The summed E-state index contributed by atoms with van der Waals surface area (Å²) in [6.07, 6.45) is 3.11. The molecule has 0 saturated heterocycles. The minimum Gasteiger partial charge on any atom is -0.461 e. The molecule has 0 aliphatic carbocycles. The predicted molar refractivity (Wildman–Crippen MR) is 61.5 cm³/mol. The Balaban J connectivity index is 4.17. The Kier molecular flexibility index (Phi) is 8.16. The van der Waals surface area contributed by atoms with Crippen LogP contribution in [-0.2, 0) is 23.1 Å². The van der Waals surface area contributed by atoms with Crippen LogP contribution in [0, 0.1) is 0 Å². The van der Waals surface area contributed by atoms with E-state index in [-0.39, 0.29) is 26.0 Å². The van der Waals surface area contributed by atoms with E-state index in [1.807, 2.05) is 6.92 Å². The number of carbonyl (C=O) groups excluding carboxylic acids is 1. The van der Waals surface area contributed by atoms with Gasteiger partial charge in [-0.1, -0.05) is 12.2 Å². The monoisotopic (exact) mass is 250 g/mol. The minimum atomic E-state index is -3.32. The van der Waals surface area contributed by atoms with E-state index in [4.69, 9.17) is 13.8 Å². The van der Waals surface area contributed by atoms with Gasteiger partial charge in [0.05, 0.1) is 13.2 Å². The van der Waals surface area contributed by atoms with Gasteiger partial charge in [-0.05, 0) is 20.8 Å². The Bertz CT molecular complexity index is 264. The summed E-state index contributed by atoms with van der Waals surface area (Å²) in [5, 5.41) is 0. The summed E-state index contributed by atoms with van der Waals surface area (Å²) >= 11 is 0. The number of rotatable bonds is 8. The molecular weight excluding hydrogens is 231 g/mol. The molecule has 0 N–H and O–H groups in total. The molecule has 94 valence electrons. The summed E-state index contributed by atoms with van der Waals surface area (Å²) in [4.78, 5) is 11.3. The number of carbonyl (C=O) groups is 1. The largest absolute Gasteiger partial charge is 0.461 e. The lowest BCUT2D eigenvalue weighted by Gasteiger charge is -2.15. The van der Waals surface area contributed by atoms with Gasteiger partial charge >= 0.3 is 13.6 Å². The molecule has 0 unspecified atom stereocenters. The summed E-state index contributed by atoms with van der Waals surface area (Å²) < 4.78 is 26.6. The number of esters is 1. The van der Waals surface area contributed by atoms with Gasteiger partial charge in [-0.3, -0.25) is 9.36 Å². The van der Waals surface area contributed by atoms with Crippen LogP contribution in [0.1, 0.15) is 20.8 Å². The lowest BCUT2D eigenvalue weighted by atomic mass is 10.5. The van der Waals surface area contributed by atoms with Crippen molar-refractivity contribution in [1.29, 1.82) is 0 Å². The van der Waals surface area contributed by atoms with Crippen molar-refractivity contribution in [2.24, 2.45) is 0 Å². The van der Waals surface area contributed by atoms with Crippen molar-refractivity contribution in [2.75, 3.05) is 26.0 Å². The van der Waals surface area contributed by atoms with E-state index in [2.05, 4.69) is 0 Å². The molecule has 0 amide bonds. The molecule has 0 bridgehead atoms. The first kappa shape index (κ1) is 15.4. The summed E-state index contributed by atoms with van der Waals surface area (Å²) in [6.45, 7) is 5.85. The van der Waals surface area contributed by atoms with Crippen LogP contribution in [0.25, 0.3) is 0 Å². The standard InChI is InChI=1S/C10H19O5P/c1-4-7-8-13-10(11)9-16(12,14-5-2)15-6-3/h4,7H,5-6,8-9H2,1-3H3/b7-4+. The fraction of sp³-hybridized carbons (Fsp3) is 0.700. The van der Waals surface area contributed by atoms with Gasteiger partial charge in [-0.2, -0.15) is 0 Å². The quantitative estimate of drug-likeness (QED) is 0.376. The lowest BCUT2D eigenvalue weighted by molar-refractivity contribution is -0.139. The van der Waals surface area contributed by atoms with E-state index in [1.165, 1.54) is 0 Å². The fourth-order valence-electron chi connectivity index (χ4n) is 0.963. The van der Waals surface area contributed by atoms with Crippen molar-refractivity contribution in [3.8, 4) is 0 Å². The average Bonchev–Trinajstić information content (AvgIpc) is 2.18. The molecule has 6 heteroatoms. The molecule has 0 heterocycles. The van der Waals surface area contributed by atoms with E-state index in [0.717, 1.165) is 0 Å². The predicted octanol–water partition coefficient (Wildman–Crippen LogP) is 2.37. The second kappa shape index (κ2) is 8.50. The van der Waals surface area contributed by atoms with Crippen LogP contribution in [0.4, 0.5) is 0 Å². The lowest BCUT2D eigenvalue weighted by Crippen LogP contribution is -2.13. The molecular formula is C10H19O5P. The molecule has 0 aromatic rings. The molecule has 0 radical (unpaired) electrons. The van der Waals surface area contributed by atoms with Crippen LogP contribution in [-0.4, -0.2) is 32.0 Å². The second-order valence-electron chi connectivity index (χ2n) is 2.86. The van der Waals surface area contributed by atoms with Gasteiger partial charge in [0, 0.05) is 0 Å². The zero-order chi connectivity index (χ0) is 12.4.